The number of hydrogen-bond donors (Lipinski definition) is 1. The molecule has 1 N–H and O–H groups in total. The summed E-state index contributed by atoms with van der Waals surface area (Å²) in [6.45, 7) is 3.33. The molecular weight excluding hydrogens is 212 g/mol. The van der Waals surface area contributed by atoms with Crippen LogP contribution in [0.25, 0.3) is 0 Å². The standard InChI is InChI=1S/C14H26N2O/c1-15-12-8-13-2-3-14(9-12)16(13)6-4-11-5-7-17-10-11/h11-15H,2-10H2,1H3. The van der Waals surface area contributed by atoms with Gasteiger partial charge in [0.2, 0.25) is 0 Å². The zero-order valence-electron chi connectivity index (χ0n) is 11.0. The van der Waals surface area contributed by atoms with Gasteiger partial charge in [-0.25, -0.2) is 0 Å². The van der Waals surface area contributed by atoms with E-state index in [0.717, 1.165) is 37.3 Å². The molecule has 0 aliphatic carbocycles. The second kappa shape index (κ2) is 5.25. The second-order valence-electron chi connectivity index (χ2n) is 6.10. The van der Waals surface area contributed by atoms with Crippen LogP contribution >= 0.6 is 0 Å². The molecule has 3 aliphatic rings. The zero-order valence-corrected chi connectivity index (χ0v) is 11.0. The summed E-state index contributed by atoms with van der Waals surface area (Å²) in [5.74, 6) is 0.844. The number of nitrogens with zero attached hydrogens (tertiary/aromatic N) is 1. The summed E-state index contributed by atoms with van der Waals surface area (Å²) in [6, 6.07) is 2.51. The van der Waals surface area contributed by atoms with Gasteiger partial charge in [-0.3, -0.25) is 4.90 Å². The first kappa shape index (κ1) is 11.9. The summed E-state index contributed by atoms with van der Waals surface area (Å²) < 4.78 is 5.47. The summed E-state index contributed by atoms with van der Waals surface area (Å²) in [6.07, 6.45) is 8.26. The molecule has 0 saturated carbocycles. The van der Waals surface area contributed by atoms with E-state index in [0.29, 0.717) is 0 Å². The monoisotopic (exact) mass is 238 g/mol. The van der Waals surface area contributed by atoms with Crippen molar-refractivity contribution in [3.05, 3.63) is 0 Å². The maximum Gasteiger partial charge on any atom is 0.0495 e. The van der Waals surface area contributed by atoms with E-state index >= 15 is 0 Å². The van der Waals surface area contributed by atoms with Gasteiger partial charge in [-0.1, -0.05) is 0 Å². The number of rotatable bonds is 4. The third-order valence-electron chi connectivity index (χ3n) is 5.11. The van der Waals surface area contributed by atoms with Gasteiger partial charge in [0.25, 0.3) is 0 Å². The van der Waals surface area contributed by atoms with Crippen molar-refractivity contribution in [3.8, 4) is 0 Å². The Kier molecular flexibility index (Phi) is 3.69. The molecule has 0 aromatic carbocycles. The molecule has 3 saturated heterocycles. The van der Waals surface area contributed by atoms with Crippen molar-refractivity contribution in [1.29, 1.82) is 0 Å². The fourth-order valence-electron chi connectivity index (χ4n) is 4.02. The van der Waals surface area contributed by atoms with Crippen molar-refractivity contribution >= 4 is 0 Å². The van der Waals surface area contributed by atoms with Gasteiger partial charge in [-0.15, -0.1) is 0 Å². The van der Waals surface area contributed by atoms with Gasteiger partial charge in [-0.2, -0.15) is 0 Å². The van der Waals surface area contributed by atoms with Gasteiger partial charge in [-0.05, 0) is 58.0 Å². The Morgan fingerprint density at radius 3 is 2.53 bits per heavy atom. The molecule has 3 heterocycles. The lowest BCUT2D eigenvalue weighted by Crippen LogP contribution is -2.48. The fourth-order valence-corrected chi connectivity index (χ4v) is 4.02. The van der Waals surface area contributed by atoms with Gasteiger partial charge >= 0.3 is 0 Å². The Morgan fingerprint density at radius 1 is 1.18 bits per heavy atom. The molecule has 17 heavy (non-hydrogen) atoms. The molecule has 0 aromatic heterocycles. The fraction of sp³-hybridized carbons (Fsp3) is 1.00. The molecular formula is C14H26N2O. The van der Waals surface area contributed by atoms with Crippen LogP contribution in [0.3, 0.4) is 0 Å². The van der Waals surface area contributed by atoms with Crippen molar-refractivity contribution in [2.24, 2.45) is 5.92 Å². The minimum Gasteiger partial charge on any atom is -0.381 e. The predicted octanol–water partition coefficient (Wildman–Crippen LogP) is 1.63. The second-order valence-corrected chi connectivity index (χ2v) is 6.10. The lowest BCUT2D eigenvalue weighted by Gasteiger charge is -2.39. The summed E-state index contributed by atoms with van der Waals surface area (Å²) in [7, 11) is 2.12. The van der Waals surface area contributed by atoms with Crippen LogP contribution in [0, 0.1) is 5.92 Å². The Morgan fingerprint density at radius 2 is 1.94 bits per heavy atom. The van der Waals surface area contributed by atoms with E-state index in [2.05, 4.69) is 17.3 Å². The molecule has 98 valence electrons. The Balaban J connectivity index is 1.50. The highest BCUT2D eigenvalue weighted by molar-refractivity contribution is 4.97. The molecule has 3 aliphatic heterocycles. The van der Waals surface area contributed by atoms with E-state index in [9.17, 15) is 0 Å². The first-order valence-corrected chi connectivity index (χ1v) is 7.37. The molecule has 0 spiro atoms. The van der Waals surface area contributed by atoms with E-state index < -0.39 is 0 Å². The average molecular weight is 238 g/mol. The minimum absolute atomic E-state index is 0.776. The number of fused-ring (bicyclic) bond motifs is 2. The van der Waals surface area contributed by atoms with Crippen molar-refractivity contribution in [3.63, 3.8) is 0 Å². The average Bonchev–Trinajstić information content (AvgIpc) is 2.93. The molecule has 0 aromatic rings. The largest absolute Gasteiger partial charge is 0.381 e. The van der Waals surface area contributed by atoms with Crippen molar-refractivity contribution in [1.82, 2.24) is 10.2 Å². The normalized spacial score (nSPS) is 42.2. The van der Waals surface area contributed by atoms with Gasteiger partial charge in [0, 0.05) is 31.3 Å². The summed E-state index contributed by atoms with van der Waals surface area (Å²) in [4.78, 5) is 2.81. The predicted molar refractivity (Wildman–Crippen MR) is 69.1 cm³/mol. The van der Waals surface area contributed by atoms with Crippen LogP contribution in [0.5, 0.6) is 0 Å². The SMILES string of the molecule is CNC1CC2CCC(C1)N2CCC1CCOC1. The van der Waals surface area contributed by atoms with Crippen LogP contribution < -0.4 is 5.32 Å². The van der Waals surface area contributed by atoms with Crippen LogP contribution in [-0.2, 0) is 4.74 Å². The van der Waals surface area contributed by atoms with Crippen molar-refractivity contribution in [2.75, 3.05) is 26.8 Å². The van der Waals surface area contributed by atoms with Gasteiger partial charge in [0.15, 0.2) is 0 Å². The quantitative estimate of drug-likeness (QED) is 0.805. The highest BCUT2D eigenvalue weighted by Crippen LogP contribution is 2.36. The third kappa shape index (κ3) is 2.51. The molecule has 3 nitrogen and oxygen atoms in total. The van der Waals surface area contributed by atoms with Crippen LogP contribution in [0.1, 0.15) is 38.5 Å². The number of piperidine rings is 1. The maximum absolute atomic E-state index is 5.47. The summed E-state index contributed by atoms with van der Waals surface area (Å²) >= 11 is 0. The maximum atomic E-state index is 5.47. The lowest BCUT2D eigenvalue weighted by atomic mass is 9.96. The van der Waals surface area contributed by atoms with Crippen LogP contribution in [0.4, 0.5) is 0 Å². The molecule has 3 atom stereocenters. The van der Waals surface area contributed by atoms with Gasteiger partial charge in [0.1, 0.15) is 0 Å². The Bertz CT molecular complexity index is 239. The molecule has 3 unspecified atom stereocenters. The van der Waals surface area contributed by atoms with E-state index in [-0.39, 0.29) is 0 Å². The molecule has 0 radical (unpaired) electrons. The number of nitrogens with one attached hydrogen (secondary N) is 1. The molecule has 2 bridgehead atoms. The number of hydrogen-bond acceptors (Lipinski definition) is 3. The lowest BCUT2D eigenvalue weighted by molar-refractivity contribution is 0.108. The van der Waals surface area contributed by atoms with E-state index in [4.69, 9.17) is 4.74 Å². The van der Waals surface area contributed by atoms with E-state index in [1.54, 1.807) is 0 Å². The Labute approximate surface area is 105 Å². The topological polar surface area (TPSA) is 24.5 Å². The number of ether oxygens (including phenoxy) is 1. The molecule has 0 amide bonds. The van der Waals surface area contributed by atoms with Gasteiger partial charge in [0.05, 0.1) is 0 Å². The third-order valence-corrected chi connectivity index (χ3v) is 5.11. The van der Waals surface area contributed by atoms with Crippen molar-refractivity contribution in [2.45, 2.75) is 56.7 Å². The zero-order chi connectivity index (χ0) is 11.7. The van der Waals surface area contributed by atoms with E-state index in [1.165, 1.54) is 45.1 Å². The molecule has 3 heteroatoms. The van der Waals surface area contributed by atoms with Crippen LogP contribution in [0.2, 0.25) is 0 Å². The molecule has 3 rings (SSSR count). The Hall–Kier alpha value is -0.120. The van der Waals surface area contributed by atoms with Crippen LogP contribution in [-0.4, -0.2) is 49.8 Å². The highest BCUT2D eigenvalue weighted by atomic mass is 16.5. The first-order chi connectivity index (χ1) is 8.36. The van der Waals surface area contributed by atoms with Crippen LogP contribution in [0.15, 0.2) is 0 Å². The summed E-state index contributed by atoms with van der Waals surface area (Å²) in [5, 5.41) is 3.48. The highest BCUT2D eigenvalue weighted by Gasteiger charge is 2.39. The van der Waals surface area contributed by atoms with Gasteiger partial charge < -0.3 is 10.1 Å². The smallest absolute Gasteiger partial charge is 0.0495 e. The first-order valence-electron chi connectivity index (χ1n) is 7.37. The summed E-state index contributed by atoms with van der Waals surface area (Å²) in [5.41, 5.74) is 0. The molecule has 3 fully saturated rings. The van der Waals surface area contributed by atoms with Crippen molar-refractivity contribution < 1.29 is 4.74 Å². The minimum atomic E-state index is 0.776. The van der Waals surface area contributed by atoms with E-state index in [1.807, 2.05) is 0 Å².